The van der Waals surface area contributed by atoms with Gasteiger partial charge in [0, 0.05) is 54.9 Å². The summed E-state index contributed by atoms with van der Waals surface area (Å²) in [6.07, 6.45) is 5.36. The number of carbonyl (C=O) groups is 1. The first-order valence-electron chi connectivity index (χ1n) is 11.6. The quantitative estimate of drug-likeness (QED) is 0.628. The highest BCUT2D eigenvalue weighted by Gasteiger charge is 2.38. The number of para-hydroxylation sites is 1. The largest absolute Gasteiger partial charge is 0.496 e. The van der Waals surface area contributed by atoms with Gasteiger partial charge in [-0.3, -0.25) is 9.69 Å². The molecule has 0 radical (unpaired) electrons. The molecule has 2 unspecified atom stereocenters. The molecule has 2 atom stereocenters. The predicted molar refractivity (Wildman–Crippen MR) is 129 cm³/mol. The van der Waals surface area contributed by atoms with E-state index in [-0.39, 0.29) is 17.9 Å². The third kappa shape index (κ3) is 3.41. The maximum absolute atomic E-state index is 13.4. The molecule has 1 aliphatic heterocycles. The van der Waals surface area contributed by atoms with Crippen LogP contribution in [0.4, 0.5) is 0 Å². The summed E-state index contributed by atoms with van der Waals surface area (Å²) >= 11 is 0. The van der Waals surface area contributed by atoms with Crippen LogP contribution < -0.4 is 4.74 Å². The van der Waals surface area contributed by atoms with Crippen LogP contribution in [-0.2, 0) is 17.8 Å². The molecule has 5 rings (SSSR count). The van der Waals surface area contributed by atoms with Crippen LogP contribution in [-0.4, -0.2) is 53.5 Å². The first kappa shape index (κ1) is 20.8. The third-order valence-electron chi connectivity index (χ3n) is 7.08. The van der Waals surface area contributed by atoms with E-state index in [0.717, 1.165) is 43.9 Å². The molecule has 1 aliphatic carbocycles. The molecule has 5 nitrogen and oxygen atoms in total. The summed E-state index contributed by atoms with van der Waals surface area (Å²) in [5, 5.41) is 1.31. The molecule has 3 aromatic rings. The summed E-state index contributed by atoms with van der Waals surface area (Å²) in [5.41, 5.74) is 6.23. The molecule has 166 valence electrons. The number of H-pyrrole nitrogens is 1. The minimum atomic E-state index is -0.147. The first-order valence-corrected chi connectivity index (χ1v) is 11.6. The van der Waals surface area contributed by atoms with E-state index in [2.05, 4.69) is 66.3 Å². The van der Waals surface area contributed by atoms with Gasteiger partial charge >= 0.3 is 0 Å². The molecular formula is C27H31N3O2. The van der Waals surface area contributed by atoms with Gasteiger partial charge in [0.05, 0.1) is 13.0 Å². The molecule has 0 bridgehead atoms. The number of hydrogen-bond donors (Lipinski definition) is 1. The van der Waals surface area contributed by atoms with Gasteiger partial charge in [0.1, 0.15) is 5.75 Å². The zero-order valence-corrected chi connectivity index (χ0v) is 19.1. The van der Waals surface area contributed by atoms with E-state index in [1.165, 1.54) is 27.6 Å². The Labute approximate surface area is 189 Å². The maximum atomic E-state index is 13.4. The van der Waals surface area contributed by atoms with Crippen LogP contribution in [0.3, 0.4) is 0 Å². The van der Waals surface area contributed by atoms with Gasteiger partial charge in [-0.25, -0.2) is 0 Å². The van der Waals surface area contributed by atoms with Crippen molar-refractivity contribution in [1.29, 1.82) is 0 Å². The minimum Gasteiger partial charge on any atom is -0.496 e. The number of nitrogens with zero attached hydrogens (tertiary/aromatic N) is 2. The van der Waals surface area contributed by atoms with E-state index in [1.54, 1.807) is 7.11 Å². The highest BCUT2D eigenvalue weighted by molar-refractivity contribution is 5.99. The van der Waals surface area contributed by atoms with Gasteiger partial charge < -0.3 is 14.6 Å². The average Bonchev–Trinajstić information content (AvgIpc) is 3.24. The van der Waals surface area contributed by atoms with Crippen molar-refractivity contribution in [3.63, 3.8) is 0 Å². The summed E-state index contributed by atoms with van der Waals surface area (Å²) in [4.78, 5) is 21.3. The summed E-state index contributed by atoms with van der Waals surface area (Å²) in [5.74, 6) is 0.972. The van der Waals surface area contributed by atoms with Crippen molar-refractivity contribution in [1.82, 2.24) is 14.8 Å². The van der Waals surface area contributed by atoms with Crippen molar-refractivity contribution in [2.45, 2.75) is 32.9 Å². The summed E-state index contributed by atoms with van der Waals surface area (Å²) in [6, 6.07) is 14.9. The summed E-state index contributed by atoms with van der Waals surface area (Å²) in [7, 11) is 1.72. The summed E-state index contributed by atoms with van der Waals surface area (Å²) < 4.78 is 5.64. The number of rotatable bonds is 6. The number of methoxy groups -OCH3 is 1. The number of carbonyl (C=O) groups excluding carboxylic acids is 1. The van der Waals surface area contributed by atoms with E-state index in [4.69, 9.17) is 4.74 Å². The molecule has 2 heterocycles. The van der Waals surface area contributed by atoms with E-state index >= 15 is 0 Å². The number of aromatic amines is 1. The van der Waals surface area contributed by atoms with E-state index in [0.29, 0.717) is 0 Å². The van der Waals surface area contributed by atoms with Gasteiger partial charge in [-0.15, -0.1) is 0 Å². The Morgan fingerprint density at radius 2 is 1.97 bits per heavy atom. The smallest absolute Gasteiger partial charge is 0.230 e. The van der Waals surface area contributed by atoms with Crippen LogP contribution in [0.2, 0.25) is 0 Å². The van der Waals surface area contributed by atoms with Gasteiger partial charge in [0.15, 0.2) is 0 Å². The standard InChI is InChI=1S/C27H31N3O2/c1-4-29(5-2)27(31)20-13-22-21-10-8-11-23-26(21)19(15-28-23)14-24(22)30(17-20)16-18-9-6-7-12-25(18)32-3/h6-13,15,20,24,28H,4-5,14,16-17H2,1-3H3. The first-order chi connectivity index (χ1) is 15.6. The van der Waals surface area contributed by atoms with Crippen LogP contribution in [0.15, 0.2) is 54.7 Å². The van der Waals surface area contributed by atoms with Crippen molar-refractivity contribution in [3.05, 3.63) is 71.4 Å². The molecule has 0 saturated heterocycles. The Kier molecular flexibility index (Phi) is 5.51. The number of hydrogen-bond acceptors (Lipinski definition) is 3. The number of fused-ring (bicyclic) bond motifs is 2. The number of benzene rings is 2. The fraction of sp³-hybridized carbons (Fsp3) is 0.370. The summed E-state index contributed by atoms with van der Waals surface area (Å²) in [6.45, 7) is 7.06. The van der Waals surface area contributed by atoms with Gasteiger partial charge in [0.25, 0.3) is 0 Å². The monoisotopic (exact) mass is 429 g/mol. The fourth-order valence-electron chi connectivity index (χ4n) is 5.48. The molecule has 5 heteroatoms. The van der Waals surface area contributed by atoms with Gasteiger partial charge in [-0.05, 0) is 49.1 Å². The molecule has 1 aromatic heterocycles. The second-order valence-electron chi connectivity index (χ2n) is 8.74. The van der Waals surface area contributed by atoms with Crippen LogP contribution >= 0.6 is 0 Å². The second-order valence-corrected chi connectivity index (χ2v) is 8.74. The zero-order chi connectivity index (χ0) is 22.2. The molecule has 32 heavy (non-hydrogen) atoms. The molecule has 1 amide bonds. The molecular weight excluding hydrogens is 398 g/mol. The third-order valence-corrected chi connectivity index (χ3v) is 7.08. The average molecular weight is 430 g/mol. The van der Waals surface area contributed by atoms with Crippen molar-refractivity contribution in [3.8, 4) is 5.75 Å². The van der Waals surface area contributed by atoms with Crippen LogP contribution in [0, 0.1) is 5.92 Å². The lowest BCUT2D eigenvalue weighted by molar-refractivity contribution is -0.134. The van der Waals surface area contributed by atoms with Crippen LogP contribution in [0.5, 0.6) is 5.75 Å². The predicted octanol–water partition coefficient (Wildman–Crippen LogP) is 4.49. The van der Waals surface area contributed by atoms with Crippen molar-refractivity contribution >= 4 is 22.4 Å². The van der Waals surface area contributed by atoms with E-state index in [9.17, 15) is 4.79 Å². The highest BCUT2D eigenvalue weighted by Crippen LogP contribution is 2.42. The van der Waals surface area contributed by atoms with Gasteiger partial charge in [-0.1, -0.05) is 36.4 Å². The normalized spacial score (nSPS) is 20.0. The lowest BCUT2D eigenvalue weighted by atomic mass is 9.79. The van der Waals surface area contributed by atoms with Gasteiger partial charge in [0.2, 0.25) is 5.91 Å². The molecule has 1 N–H and O–H groups in total. The van der Waals surface area contributed by atoms with Crippen LogP contribution in [0.1, 0.15) is 30.5 Å². The lowest BCUT2D eigenvalue weighted by Crippen LogP contribution is -2.49. The molecule has 0 spiro atoms. The van der Waals surface area contributed by atoms with Crippen molar-refractivity contribution < 1.29 is 9.53 Å². The number of nitrogens with one attached hydrogen (secondary N) is 1. The minimum absolute atomic E-state index is 0.147. The van der Waals surface area contributed by atoms with Crippen molar-refractivity contribution in [2.75, 3.05) is 26.7 Å². The highest BCUT2D eigenvalue weighted by atomic mass is 16.5. The SMILES string of the molecule is CCN(CC)C(=O)C1C=C2c3cccc4[nH]cc(c34)CC2N(Cc2ccccc2OC)C1. The second kappa shape index (κ2) is 8.47. The molecule has 0 fully saturated rings. The topological polar surface area (TPSA) is 48.6 Å². The zero-order valence-electron chi connectivity index (χ0n) is 19.1. The maximum Gasteiger partial charge on any atom is 0.230 e. The number of amides is 1. The molecule has 2 aliphatic rings. The molecule has 2 aromatic carbocycles. The molecule has 0 saturated carbocycles. The number of ether oxygens (including phenoxy) is 1. The Hall–Kier alpha value is -3.05. The van der Waals surface area contributed by atoms with Crippen molar-refractivity contribution in [2.24, 2.45) is 5.92 Å². The Bertz CT molecular complexity index is 1170. The van der Waals surface area contributed by atoms with E-state index in [1.807, 2.05) is 17.0 Å². The Balaban J connectivity index is 1.59. The van der Waals surface area contributed by atoms with Gasteiger partial charge in [-0.2, -0.15) is 0 Å². The number of aromatic nitrogens is 1. The Morgan fingerprint density at radius 3 is 2.75 bits per heavy atom. The Morgan fingerprint density at radius 1 is 1.16 bits per heavy atom. The van der Waals surface area contributed by atoms with E-state index < -0.39 is 0 Å². The lowest BCUT2D eigenvalue weighted by Gasteiger charge is -2.42. The fourth-order valence-corrected chi connectivity index (χ4v) is 5.48. The van der Waals surface area contributed by atoms with Crippen LogP contribution in [0.25, 0.3) is 16.5 Å².